The highest BCUT2D eigenvalue weighted by molar-refractivity contribution is 7.99. The topological polar surface area (TPSA) is 98.5 Å². The number of hydrogen-bond acceptors (Lipinski definition) is 6. The van der Waals surface area contributed by atoms with E-state index in [2.05, 4.69) is 10.2 Å². The summed E-state index contributed by atoms with van der Waals surface area (Å²) >= 11 is 1.24. The van der Waals surface area contributed by atoms with Crippen LogP contribution in [0, 0.1) is 0 Å². The van der Waals surface area contributed by atoms with Crippen molar-refractivity contribution in [1.82, 2.24) is 19.3 Å². The molecule has 0 radical (unpaired) electrons. The molecule has 0 fully saturated rings. The number of rotatable bonds is 5. The van der Waals surface area contributed by atoms with Gasteiger partial charge in [0.1, 0.15) is 0 Å². The predicted molar refractivity (Wildman–Crippen MR) is 126 cm³/mol. The summed E-state index contributed by atoms with van der Waals surface area (Å²) in [7, 11) is 0. The summed E-state index contributed by atoms with van der Waals surface area (Å²) in [6.45, 7) is 0. The van der Waals surface area contributed by atoms with E-state index in [1.54, 1.807) is 27.5 Å². The molecule has 2 heterocycles. The molecule has 0 aliphatic rings. The molecule has 0 aliphatic heterocycles. The van der Waals surface area contributed by atoms with Crippen LogP contribution in [0.5, 0.6) is 0 Å². The lowest BCUT2D eigenvalue weighted by Crippen LogP contribution is -2.29. The van der Waals surface area contributed by atoms with Crippen molar-refractivity contribution in [2.24, 2.45) is 0 Å². The van der Waals surface area contributed by atoms with Gasteiger partial charge in [-0.25, -0.2) is 0 Å². The van der Waals surface area contributed by atoms with E-state index >= 15 is 0 Å². The van der Waals surface area contributed by atoms with E-state index in [-0.39, 0.29) is 23.0 Å². The zero-order valence-corrected chi connectivity index (χ0v) is 17.6. The molecule has 8 nitrogen and oxygen atoms in total. The van der Waals surface area contributed by atoms with Crippen molar-refractivity contribution in [3.05, 3.63) is 95.3 Å². The molecule has 0 saturated heterocycles. The van der Waals surface area contributed by atoms with Crippen LogP contribution in [0.15, 0.2) is 94.9 Å². The van der Waals surface area contributed by atoms with Gasteiger partial charge >= 0.3 is 0 Å². The third-order valence-corrected chi connectivity index (χ3v) is 5.94. The minimum absolute atomic E-state index is 0.114. The van der Waals surface area contributed by atoms with Gasteiger partial charge in [-0.05, 0) is 36.4 Å². The lowest BCUT2D eigenvalue weighted by Gasteiger charge is -2.22. The van der Waals surface area contributed by atoms with Crippen molar-refractivity contribution >= 4 is 45.7 Å². The molecule has 5 rings (SSSR count). The fourth-order valence-electron chi connectivity index (χ4n) is 3.57. The Bertz CT molecular complexity index is 1440. The number of carbonyl (C=O) groups excluding carboxylic acids is 1. The van der Waals surface area contributed by atoms with Gasteiger partial charge in [0.2, 0.25) is 5.91 Å². The van der Waals surface area contributed by atoms with Crippen LogP contribution < -0.4 is 16.3 Å². The third-order valence-electron chi connectivity index (χ3n) is 5.03. The summed E-state index contributed by atoms with van der Waals surface area (Å²) in [5.74, 6) is 6.16. The first-order valence-corrected chi connectivity index (χ1v) is 10.8. The first-order chi connectivity index (χ1) is 15.6. The number of anilines is 2. The van der Waals surface area contributed by atoms with Crippen molar-refractivity contribution in [3.8, 4) is 0 Å². The first kappa shape index (κ1) is 19.8. The molecule has 2 aromatic heterocycles. The number of aromatic nitrogens is 4. The molecule has 32 heavy (non-hydrogen) atoms. The van der Waals surface area contributed by atoms with Crippen LogP contribution in [-0.4, -0.2) is 30.9 Å². The molecule has 0 unspecified atom stereocenters. The van der Waals surface area contributed by atoms with E-state index < -0.39 is 0 Å². The van der Waals surface area contributed by atoms with Gasteiger partial charge in [0.15, 0.2) is 5.16 Å². The van der Waals surface area contributed by atoms with Crippen LogP contribution in [0.2, 0.25) is 0 Å². The SMILES string of the molecule is Nn1c(=O)c2ccccc2n2c(SCC(=O)N(c3ccccc3)c3ccccc3)nnc12. The normalized spacial score (nSPS) is 11.1. The highest BCUT2D eigenvalue weighted by Gasteiger charge is 2.21. The van der Waals surface area contributed by atoms with Gasteiger partial charge in [0, 0.05) is 11.4 Å². The molecule has 158 valence electrons. The minimum Gasteiger partial charge on any atom is -0.333 e. The van der Waals surface area contributed by atoms with Crippen molar-refractivity contribution in [2.45, 2.75) is 5.16 Å². The summed E-state index contributed by atoms with van der Waals surface area (Å²) in [5.41, 5.74) is 1.83. The first-order valence-electron chi connectivity index (χ1n) is 9.85. The van der Waals surface area contributed by atoms with Gasteiger partial charge < -0.3 is 5.84 Å². The van der Waals surface area contributed by atoms with Crippen LogP contribution in [0.1, 0.15) is 0 Å². The second kappa shape index (κ2) is 8.20. The van der Waals surface area contributed by atoms with Crippen molar-refractivity contribution < 1.29 is 4.79 Å². The number of nitrogens with two attached hydrogens (primary N) is 1. The number of para-hydroxylation sites is 3. The number of benzene rings is 3. The maximum Gasteiger partial charge on any atom is 0.281 e. The Morgan fingerprint density at radius 1 is 0.875 bits per heavy atom. The summed E-state index contributed by atoms with van der Waals surface area (Å²) < 4.78 is 2.67. The average Bonchev–Trinajstić information content (AvgIpc) is 3.27. The van der Waals surface area contributed by atoms with Gasteiger partial charge in [0.05, 0.1) is 16.7 Å². The molecular formula is C23H18N6O2S. The quantitative estimate of drug-likeness (QED) is 0.332. The molecule has 0 spiro atoms. The zero-order chi connectivity index (χ0) is 22.1. The number of fused-ring (bicyclic) bond motifs is 3. The number of nitrogen functional groups attached to an aromatic ring is 1. The van der Waals surface area contributed by atoms with Gasteiger partial charge in [-0.2, -0.15) is 4.68 Å². The van der Waals surface area contributed by atoms with E-state index in [0.29, 0.717) is 16.1 Å². The Kier molecular flexibility index (Phi) is 5.08. The minimum atomic E-state index is -0.354. The summed E-state index contributed by atoms with van der Waals surface area (Å²) in [6, 6.07) is 26.1. The Morgan fingerprint density at radius 2 is 1.47 bits per heavy atom. The Labute approximate surface area is 186 Å². The second-order valence-electron chi connectivity index (χ2n) is 7.00. The smallest absolute Gasteiger partial charge is 0.281 e. The van der Waals surface area contributed by atoms with E-state index in [4.69, 9.17) is 5.84 Å². The number of nitrogens with zero attached hydrogens (tertiary/aromatic N) is 5. The van der Waals surface area contributed by atoms with Crippen molar-refractivity contribution in [3.63, 3.8) is 0 Å². The summed E-state index contributed by atoms with van der Waals surface area (Å²) in [6.07, 6.45) is 0. The molecule has 3 aromatic carbocycles. The van der Waals surface area contributed by atoms with Crippen LogP contribution in [0.3, 0.4) is 0 Å². The molecule has 0 atom stereocenters. The molecule has 9 heteroatoms. The highest BCUT2D eigenvalue weighted by atomic mass is 32.2. The lowest BCUT2D eigenvalue weighted by molar-refractivity contribution is -0.115. The van der Waals surface area contributed by atoms with Gasteiger partial charge in [-0.3, -0.25) is 18.9 Å². The standard InChI is InChI=1S/C23H18N6O2S/c24-29-21(31)18-13-7-8-14-19(18)28-22(29)25-26-23(28)32-15-20(30)27(16-9-3-1-4-10-16)17-11-5-2-6-12-17/h1-14H,15,24H2. The van der Waals surface area contributed by atoms with Crippen molar-refractivity contribution in [1.29, 1.82) is 0 Å². The molecule has 0 saturated carbocycles. The van der Waals surface area contributed by atoms with Gasteiger partial charge in [-0.15, -0.1) is 10.2 Å². The van der Waals surface area contributed by atoms with Crippen LogP contribution >= 0.6 is 11.8 Å². The summed E-state index contributed by atoms with van der Waals surface area (Å²) in [4.78, 5) is 27.5. The van der Waals surface area contributed by atoms with Gasteiger partial charge in [-0.1, -0.05) is 60.3 Å². The fourth-order valence-corrected chi connectivity index (χ4v) is 4.36. The maximum absolute atomic E-state index is 13.3. The molecule has 0 bridgehead atoms. The number of carbonyl (C=O) groups is 1. The number of thioether (sulfide) groups is 1. The van der Waals surface area contributed by atoms with E-state index in [1.807, 2.05) is 66.7 Å². The van der Waals surface area contributed by atoms with Crippen LogP contribution in [0.4, 0.5) is 11.4 Å². The lowest BCUT2D eigenvalue weighted by atomic mass is 10.2. The zero-order valence-electron chi connectivity index (χ0n) is 16.8. The monoisotopic (exact) mass is 442 g/mol. The largest absolute Gasteiger partial charge is 0.333 e. The predicted octanol–water partition coefficient (Wildman–Crippen LogP) is 3.22. The fraction of sp³-hybridized carbons (Fsp3) is 0.0435. The van der Waals surface area contributed by atoms with Crippen LogP contribution in [-0.2, 0) is 4.79 Å². The van der Waals surface area contributed by atoms with E-state index in [9.17, 15) is 9.59 Å². The van der Waals surface area contributed by atoms with Crippen LogP contribution in [0.25, 0.3) is 16.7 Å². The average molecular weight is 443 g/mol. The molecular weight excluding hydrogens is 424 g/mol. The Hall–Kier alpha value is -4.11. The van der Waals surface area contributed by atoms with E-state index in [1.165, 1.54) is 11.8 Å². The number of hydrogen-bond donors (Lipinski definition) is 1. The Balaban J connectivity index is 1.51. The van der Waals surface area contributed by atoms with Crippen molar-refractivity contribution in [2.75, 3.05) is 16.5 Å². The molecule has 1 amide bonds. The molecule has 0 aliphatic carbocycles. The Morgan fingerprint density at radius 3 is 2.12 bits per heavy atom. The second-order valence-corrected chi connectivity index (χ2v) is 7.94. The summed E-state index contributed by atoms with van der Waals surface area (Å²) in [5, 5.41) is 9.19. The molecule has 2 N–H and O–H groups in total. The highest BCUT2D eigenvalue weighted by Crippen LogP contribution is 2.28. The number of amides is 1. The van der Waals surface area contributed by atoms with E-state index in [0.717, 1.165) is 16.1 Å². The van der Waals surface area contributed by atoms with Gasteiger partial charge in [0.25, 0.3) is 11.3 Å². The third kappa shape index (κ3) is 3.38. The molecule has 5 aromatic rings. The maximum atomic E-state index is 13.3.